The second kappa shape index (κ2) is 25.9. The summed E-state index contributed by atoms with van der Waals surface area (Å²) in [5.41, 5.74) is 0. The lowest BCUT2D eigenvalue weighted by Crippen LogP contribution is -2.42. The first-order valence-electron chi connectivity index (χ1n) is 17.8. The average Bonchev–Trinajstić information content (AvgIpc) is 3.30. The molecule has 45 heavy (non-hydrogen) atoms. The topological polar surface area (TPSA) is 118 Å². The van der Waals surface area contributed by atoms with Crippen LogP contribution in [0.25, 0.3) is 0 Å². The molecule has 262 valence electrons. The van der Waals surface area contributed by atoms with Gasteiger partial charge in [0.1, 0.15) is 12.7 Å². The van der Waals surface area contributed by atoms with E-state index in [-0.39, 0.29) is 32.3 Å². The summed E-state index contributed by atoms with van der Waals surface area (Å²) in [5, 5.41) is 0. The number of carbonyl (C=O) groups is 4. The summed E-state index contributed by atoms with van der Waals surface area (Å²) in [7, 11) is 3.86. The van der Waals surface area contributed by atoms with E-state index in [1.54, 1.807) is 0 Å². The standard InChI is InChI=1S/C35H63NO9/c1-6-9-12-15-18-22-30(38)43-33-28(27-41-29(37)25-21-26-36(4)5)42-35(45-32(40)24-20-17-14-11-8-3)34(33)44-31(39)23-19-16-13-10-7-2/h28,33-35H,6-27H2,1-5H3/t28-,33+,34?,35+/m1/s1. The molecule has 0 aromatic heterocycles. The third-order valence-electron chi connectivity index (χ3n) is 7.90. The van der Waals surface area contributed by atoms with Crippen molar-refractivity contribution in [2.24, 2.45) is 0 Å². The number of unbranched alkanes of at least 4 members (excludes halogenated alkanes) is 12. The molecule has 0 saturated carbocycles. The molecule has 0 amide bonds. The Morgan fingerprint density at radius 1 is 0.533 bits per heavy atom. The number of rotatable bonds is 27. The Hall–Kier alpha value is -2.20. The molecule has 0 aromatic rings. The highest BCUT2D eigenvalue weighted by Gasteiger charge is 2.52. The highest BCUT2D eigenvalue weighted by atomic mass is 16.8. The van der Waals surface area contributed by atoms with Crippen LogP contribution in [-0.2, 0) is 42.9 Å². The van der Waals surface area contributed by atoms with Crippen molar-refractivity contribution in [1.82, 2.24) is 4.90 Å². The fraction of sp³-hybridized carbons (Fsp3) is 0.886. The van der Waals surface area contributed by atoms with Gasteiger partial charge in [-0.25, -0.2) is 0 Å². The van der Waals surface area contributed by atoms with Gasteiger partial charge in [0.2, 0.25) is 12.4 Å². The quantitative estimate of drug-likeness (QED) is 0.0525. The zero-order chi connectivity index (χ0) is 33.3. The summed E-state index contributed by atoms with van der Waals surface area (Å²) in [4.78, 5) is 53.1. The van der Waals surface area contributed by atoms with E-state index in [0.717, 1.165) is 83.6 Å². The highest BCUT2D eigenvalue weighted by Crippen LogP contribution is 2.30. The number of nitrogens with zero attached hydrogens (tertiary/aromatic N) is 1. The second-order valence-corrected chi connectivity index (χ2v) is 12.5. The van der Waals surface area contributed by atoms with Gasteiger partial charge in [0, 0.05) is 25.7 Å². The average molecular weight is 642 g/mol. The lowest BCUT2D eigenvalue weighted by molar-refractivity contribution is -0.200. The van der Waals surface area contributed by atoms with Crippen molar-refractivity contribution in [3.8, 4) is 0 Å². The van der Waals surface area contributed by atoms with E-state index in [1.165, 1.54) is 0 Å². The molecule has 0 spiro atoms. The predicted octanol–water partition coefficient (Wildman–Crippen LogP) is 7.04. The Morgan fingerprint density at radius 2 is 0.956 bits per heavy atom. The molecular weight excluding hydrogens is 578 g/mol. The third-order valence-corrected chi connectivity index (χ3v) is 7.90. The Morgan fingerprint density at radius 3 is 1.42 bits per heavy atom. The summed E-state index contributed by atoms with van der Waals surface area (Å²) in [6.45, 7) is 6.91. The maximum atomic E-state index is 12.9. The summed E-state index contributed by atoms with van der Waals surface area (Å²) < 4.78 is 28.9. The molecule has 1 heterocycles. The van der Waals surface area contributed by atoms with Crippen LogP contribution in [0.3, 0.4) is 0 Å². The smallest absolute Gasteiger partial charge is 0.308 e. The maximum absolute atomic E-state index is 12.9. The Labute approximate surface area is 272 Å². The van der Waals surface area contributed by atoms with Crippen LogP contribution in [0.15, 0.2) is 0 Å². The van der Waals surface area contributed by atoms with Gasteiger partial charge < -0.3 is 28.6 Å². The summed E-state index contributed by atoms with van der Waals surface area (Å²) >= 11 is 0. The van der Waals surface area contributed by atoms with E-state index in [1.807, 2.05) is 19.0 Å². The van der Waals surface area contributed by atoms with Crippen LogP contribution >= 0.6 is 0 Å². The normalized spacial score (nSPS) is 19.4. The summed E-state index contributed by atoms with van der Waals surface area (Å²) in [6, 6.07) is 0. The van der Waals surface area contributed by atoms with Crippen LogP contribution in [-0.4, -0.2) is 80.6 Å². The van der Waals surface area contributed by atoms with Crippen molar-refractivity contribution < 1.29 is 42.9 Å². The third kappa shape index (κ3) is 19.8. The van der Waals surface area contributed by atoms with Crippen molar-refractivity contribution in [1.29, 1.82) is 0 Å². The molecule has 10 nitrogen and oxygen atoms in total. The van der Waals surface area contributed by atoms with Gasteiger partial charge >= 0.3 is 23.9 Å². The first kappa shape index (κ1) is 40.8. The van der Waals surface area contributed by atoms with E-state index < -0.39 is 48.5 Å². The van der Waals surface area contributed by atoms with Crippen molar-refractivity contribution in [3.05, 3.63) is 0 Å². The van der Waals surface area contributed by atoms with Crippen LogP contribution in [0.2, 0.25) is 0 Å². The maximum Gasteiger partial charge on any atom is 0.308 e. The van der Waals surface area contributed by atoms with E-state index >= 15 is 0 Å². The first-order valence-corrected chi connectivity index (χ1v) is 17.8. The molecule has 10 heteroatoms. The van der Waals surface area contributed by atoms with Gasteiger partial charge in [-0.3, -0.25) is 19.2 Å². The molecule has 0 aromatic carbocycles. The van der Waals surface area contributed by atoms with Gasteiger partial charge in [-0.2, -0.15) is 0 Å². The Balaban J connectivity index is 3.01. The monoisotopic (exact) mass is 641 g/mol. The van der Waals surface area contributed by atoms with E-state index in [0.29, 0.717) is 25.7 Å². The number of esters is 4. The fourth-order valence-electron chi connectivity index (χ4n) is 5.20. The number of hydrogen-bond donors (Lipinski definition) is 0. The molecule has 1 saturated heterocycles. The van der Waals surface area contributed by atoms with Gasteiger partial charge in [0.25, 0.3) is 0 Å². The van der Waals surface area contributed by atoms with Crippen LogP contribution in [0, 0.1) is 0 Å². The molecular formula is C35H63NO9. The van der Waals surface area contributed by atoms with Gasteiger partial charge in [-0.1, -0.05) is 97.8 Å². The van der Waals surface area contributed by atoms with Gasteiger partial charge in [0.05, 0.1) is 0 Å². The number of ether oxygens (including phenoxy) is 5. The molecule has 1 rings (SSSR count). The predicted molar refractivity (Wildman–Crippen MR) is 173 cm³/mol. The van der Waals surface area contributed by atoms with Crippen LogP contribution < -0.4 is 0 Å². The van der Waals surface area contributed by atoms with Crippen molar-refractivity contribution >= 4 is 23.9 Å². The molecule has 0 radical (unpaired) electrons. The summed E-state index contributed by atoms with van der Waals surface area (Å²) in [5.74, 6) is -1.80. The minimum absolute atomic E-state index is 0.196. The molecule has 0 N–H and O–H groups in total. The van der Waals surface area contributed by atoms with E-state index in [2.05, 4.69) is 20.8 Å². The largest absolute Gasteiger partial charge is 0.463 e. The van der Waals surface area contributed by atoms with E-state index in [9.17, 15) is 19.2 Å². The minimum atomic E-state index is -1.27. The number of carbonyl (C=O) groups excluding carboxylic acids is 4. The molecule has 1 aliphatic heterocycles. The Kier molecular flexibility index (Phi) is 23.5. The highest BCUT2D eigenvalue weighted by molar-refractivity contribution is 5.72. The second-order valence-electron chi connectivity index (χ2n) is 12.5. The lowest BCUT2D eigenvalue weighted by atomic mass is 10.1. The molecule has 0 bridgehead atoms. The molecule has 4 atom stereocenters. The SMILES string of the molecule is CCCCCCCC(=O)OC1[C@H](OC(=O)CCCCCCC)O[C@H](COC(=O)CCCN(C)C)[C@@H]1OC(=O)CCCCCCC. The Bertz CT molecular complexity index is 819. The van der Waals surface area contributed by atoms with E-state index in [4.69, 9.17) is 23.7 Å². The van der Waals surface area contributed by atoms with Crippen molar-refractivity contribution in [3.63, 3.8) is 0 Å². The zero-order valence-electron chi connectivity index (χ0n) is 29.0. The minimum Gasteiger partial charge on any atom is -0.463 e. The number of hydrogen-bond acceptors (Lipinski definition) is 10. The van der Waals surface area contributed by atoms with Crippen LogP contribution in [0.1, 0.15) is 149 Å². The van der Waals surface area contributed by atoms with Gasteiger partial charge in [-0.05, 0) is 46.3 Å². The molecule has 1 unspecified atom stereocenters. The van der Waals surface area contributed by atoms with Gasteiger partial charge in [0.15, 0.2) is 6.10 Å². The van der Waals surface area contributed by atoms with Crippen LogP contribution in [0.5, 0.6) is 0 Å². The van der Waals surface area contributed by atoms with Crippen molar-refractivity contribution in [2.45, 2.75) is 174 Å². The lowest BCUT2D eigenvalue weighted by Gasteiger charge is -2.24. The zero-order valence-corrected chi connectivity index (χ0v) is 29.0. The van der Waals surface area contributed by atoms with Gasteiger partial charge in [-0.15, -0.1) is 0 Å². The van der Waals surface area contributed by atoms with Crippen molar-refractivity contribution in [2.75, 3.05) is 27.2 Å². The molecule has 0 aliphatic carbocycles. The first-order chi connectivity index (χ1) is 21.7. The summed E-state index contributed by atoms with van der Waals surface area (Å²) in [6.07, 6.45) is 11.5. The molecule has 1 aliphatic rings. The molecule has 1 fully saturated rings. The fourth-order valence-corrected chi connectivity index (χ4v) is 5.20. The van der Waals surface area contributed by atoms with Crippen LogP contribution in [0.4, 0.5) is 0 Å².